The van der Waals surface area contributed by atoms with Gasteiger partial charge in [0, 0.05) is 36.8 Å². The Hall–Kier alpha value is -2.84. The summed E-state index contributed by atoms with van der Waals surface area (Å²) in [6.45, 7) is 3.49. The fourth-order valence-corrected chi connectivity index (χ4v) is 3.65. The number of anilines is 1. The number of halogens is 1. The summed E-state index contributed by atoms with van der Waals surface area (Å²) >= 11 is 6.04. The minimum atomic E-state index is -0.364. The molecule has 1 fully saturated rings. The number of nitrogens with zero attached hydrogens (tertiary/aromatic N) is 3. The summed E-state index contributed by atoms with van der Waals surface area (Å²) in [4.78, 5) is 29.1. The van der Waals surface area contributed by atoms with E-state index in [4.69, 9.17) is 16.9 Å². The molecular weight excluding hydrogens is 374 g/mol. The summed E-state index contributed by atoms with van der Waals surface area (Å²) < 4.78 is 0. The summed E-state index contributed by atoms with van der Waals surface area (Å²) in [5.41, 5.74) is 2.29. The van der Waals surface area contributed by atoms with E-state index in [1.54, 1.807) is 40.1 Å². The van der Waals surface area contributed by atoms with E-state index in [-0.39, 0.29) is 24.2 Å². The van der Waals surface area contributed by atoms with Gasteiger partial charge >= 0.3 is 0 Å². The molecule has 144 valence electrons. The van der Waals surface area contributed by atoms with E-state index >= 15 is 0 Å². The monoisotopic (exact) mass is 395 g/mol. The highest BCUT2D eigenvalue weighted by atomic mass is 35.5. The van der Waals surface area contributed by atoms with Crippen LogP contribution < -0.4 is 4.90 Å². The fourth-order valence-electron chi connectivity index (χ4n) is 3.47. The molecule has 6 heteroatoms. The Morgan fingerprint density at radius 1 is 1.29 bits per heavy atom. The lowest BCUT2D eigenvalue weighted by molar-refractivity contribution is -0.136. The second-order valence-corrected chi connectivity index (χ2v) is 7.39. The summed E-state index contributed by atoms with van der Waals surface area (Å²) in [6.07, 6.45) is 1.04. The zero-order valence-electron chi connectivity index (χ0n) is 15.8. The van der Waals surface area contributed by atoms with Gasteiger partial charge in [0.15, 0.2) is 0 Å². The molecule has 28 heavy (non-hydrogen) atoms. The number of benzene rings is 2. The Labute approximate surface area is 170 Å². The second-order valence-electron chi connectivity index (χ2n) is 6.95. The van der Waals surface area contributed by atoms with Crippen LogP contribution in [0.25, 0.3) is 0 Å². The number of hydrogen-bond donors (Lipinski definition) is 0. The van der Waals surface area contributed by atoms with E-state index in [1.165, 1.54) is 0 Å². The van der Waals surface area contributed by atoms with Crippen LogP contribution in [-0.4, -0.2) is 29.8 Å². The lowest BCUT2D eigenvalue weighted by Gasteiger charge is -2.25. The molecule has 0 bridgehead atoms. The molecule has 1 atom stereocenters. The van der Waals surface area contributed by atoms with Crippen LogP contribution in [0.5, 0.6) is 0 Å². The lowest BCUT2D eigenvalue weighted by Crippen LogP contribution is -2.37. The third kappa shape index (κ3) is 4.52. The third-order valence-corrected chi connectivity index (χ3v) is 5.09. The molecule has 0 saturated carbocycles. The van der Waals surface area contributed by atoms with Crippen molar-refractivity contribution in [2.75, 3.05) is 18.0 Å². The molecule has 2 aromatic carbocycles. The highest BCUT2D eigenvalue weighted by molar-refractivity contribution is 6.31. The molecule has 1 heterocycles. The van der Waals surface area contributed by atoms with Gasteiger partial charge in [-0.1, -0.05) is 36.7 Å². The van der Waals surface area contributed by atoms with Gasteiger partial charge in [-0.15, -0.1) is 0 Å². The van der Waals surface area contributed by atoms with Crippen LogP contribution in [0, 0.1) is 17.2 Å². The molecule has 1 aliphatic rings. The average Bonchev–Trinajstić information content (AvgIpc) is 3.09. The number of carbonyl (C=O) groups excluding carboxylic acids is 2. The van der Waals surface area contributed by atoms with E-state index in [0.717, 1.165) is 17.7 Å². The SMILES string of the molecule is CCCN(Cc1ccc(C#N)cc1)C(=O)C1CC(=O)N(c2cccc(Cl)c2)C1. The summed E-state index contributed by atoms with van der Waals surface area (Å²) in [5, 5.41) is 9.49. The van der Waals surface area contributed by atoms with Crippen LogP contribution in [0.2, 0.25) is 5.02 Å². The van der Waals surface area contributed by atoms with Crippen LogP contribution in [0.1, 0.15) is 30.9 Å². The molecule has 3 rings (SSSR count). The first-order chi connectivity index (χ1) is 13.5. The van der Waals surface area contributed by atoms with E-state index in [2.05, 4.69) is 6.07 Å². The Morgan fingerprint density at radius 3 is 2.68 bits per heavy atom. The predicted molar refractivity (Wildman–Crippen MR) is 109 cm³/mol. The van der Waals surface area contributed by atoms with Gasteiger partial charge in [-0.2, -0.15) is 5.26 Å². The number of rotatable bonds is 6. The molecule has 0 aromatic heterocycles. The van der Waals surface area contributed by atoms with Crippen molar-refractivity contribution in [3.8, 4) is 6.07 Å². The molecule has 0 N–H and O–H groups in total. The van der Waals surface area contributed by atoms with Gasteiger partial charge in [0.25, 0.3) is 0 Å². The highest BCUT2D eigenvalue weighted by Gasteiger charge is 2.37. The van der Waals surface area contributed by atoms with Crippen molar-refractivity contribution in [1.82, 2.24) is 4.90 Å². The Kier molecular flexibility index (Phi) is 6.33. The minimum absolute atomic E-state index is 0.0101. The molecule has 2 aromatic rings. The van der Waals surface area contributed by atoms with Crippen molar-refractivity contribution >= 4 is 29.1 Å². The molecule has 1 saturated heterocycles. The Morgan fingerprint density at radius 2 is 2.04 bits per heavy atom. The molecule has 1 aliphatic heterocycles. The van der Waals surface area contributed by atoms with Crippen molar-refractivity contribution in [3.05, 3.63) is 64.7 Å². The van der Waals surface area contributed by atoms with Crippen molar-refractivity contribution in [2.45, 2.75) is 26.3 Å². The first-order valence-electron chi connectivity index (χ1n) is 9.35. The highest BCUT2D eigenvalue weighted by Crippen LogP contribution is 2.28. The number of nitriles is 1. The van der Waals surface area contributed by atoms with Crippen molar-refractivity contribution in [1.29, 1.82) is 5.26 Å². The average molecular weight is 396 g/mol. The zero-order valence-corrected chi connectivity index (χ0v) is 16.5. The van der Waals surface area contributed by atoms with Gasteiger partial charge in [-0.05, 0) is 42.3 Å². The van der Waals surface area contributed by atoms with E-state index in [1.807, 2.05) is 25.1 Å². The van der Waals surface area contributed by atoms with Crippen LogP contribution in [-0.2, 0) is 16.1 Å². The standard InChI is InChI=1S/C22H22ClN3O2/c1-2-10-25(14-17-8-6-16(13-24)7-9-17)22(28)18-11-21(27)26(15-18)20-5-3-4-19(23)12-20/h3-9,12,18H,2,10-11,14-15H2,1H3. The van der Waals surface area contributed by atoms with Gasteiger partial charge < -0.3 is 9.80 Å². The summed E-state index contributed by atoms with van der Waals surface area (Å²) in [5.74, 6) is -0.434. The molecule has 0 radical (unpaired) electrons. The largest absolute Gasteiger partial charge is 0.338 e. The molecule has 2 amide bonds. The van der Waals surface area contributed by atoms with Gasteiger partial charge in [0.2, 0.25) is 11.8 Å². The quantitative estimate of drug-likeness (QED) is 0.742. The zero-order chi connectivity index (χ0) is 20.1. The van der Waals surface area contributed by atoms with E-state index < -0.39 is 0 Å². The summed E-state index contributed by atoms with van der Waals surface area (Å²) in [7, 11) is 0. The topological polar surface area (TPSA) is 64.4 Å². The van der Waals surface area contributed by atoms with Crippen molar-refractivity contribution in [3.63, 3.8) is 0 Å². The fraction of sp³-hybridized carbons (Fsp3) is 0.318. The van der Waals surface area contributed by atoms with Crippen LogP contribution in [0.3, 0.4) is 0 Å². The first-order valence-corrected chi connectivity index (χ1v) is 9.73. The first kappa shape index (κ1) is 19.9. The predicted octanol–water partition coefficient (Wildman–Crippen LogP) is 4.00. The normalized spacial score (nSPS) is 16.1. The van der Waals surface area contributed by atoms with E-state index in [0.29, 0.717) is 30.2 Å². The number of carbonyl (C=O) groups is 2. The minimum Gasteiger partial charge on any atom is -0.338 e. The third-order valence-electron chi connectivity index (χ3n) is 4.86. The van der Waals surface area contributed by atoms with E-state index in [9.17, 15) is 9.59 Å². The molecule has 0 aliphatic carbocycles. The summed E-state index contributed by atoms with van der Waals surface area (Å²) in [6, 6.07) is 16.5. The van der Waals surface area contributed by atoms with Crippen LogP contribution >= 0.6 is 11.6 Å². The Balaban J connectivity index is 1.72. The van der Waals surface area contributed by atoms with Gasteiger partial charge in [0.1, 0.15) is 0 Å². The molecule has 0 spiro atoms. The van der Waals surface area contributed by atoms with Crippen LogP contribution in [0.15, 0.2) is 48.5 Å². The maximum absolute atomic E-state index is 13.1. The number of amides is 2. The maximum atomic E-state index is 13.1. The molecular formula is C22H22ClN3O2. The number of hydrogen-bond acceptors (Lipinski definition) is 3. The second kappa shape index (κ2) is 8.90. The Bertz CT molecular complexity index is 905. The smallest absolute Gasteiger partial charge is 0.228 e. The van der Waals surface area contributed by atoms with Gasteiger partial charge in [-0.3, -0.25) is 9.59 Å². The molecule has 5 nitrogen and oxygen atoms in total. The molecule has 1 unspecified atom stereocenters. The van der Waals surface area contributed by atoms with Crippen molar-refractivity contribution in [2.24, 2.45) is 5.92 Å². The van der Waals surface area contributed by atoms with Gasteiger partial charge in [-0.25, -0.2) is 0 Å². The maximum Gasteiger partial charge on any atom is 0.228 e. The lowest BCUT2D eigenvalue weighted by atomic mass is 10.1. The van der Waals surface area contributed by atoms with Crippen molar-refractivity contribution < 1.29 is 9.59 Å². The van der Waals surface area contributed by atoms with Crippen LogP contribution in [0.4, 0.5) is 5.69 Å². The van der Waals surface area contributed by atoms with Gasteiger partial charge in [0.05, 0.1) is 17.6 Å².